The van der Waals surface area contributed by atoms with Gasteiger partial charge in [0.25, 0.3) is 0 Å². The van der Waals surface area contributed by atoms with E-state index >= 15 is 0 Å². The predicted octanol–water partition coefficient (Wildman–Crippen LogP) is 4.04. The van der Waals surface area contributed by atoms with Gasteiger partial charge in [-0.3, -0.25) is 9.10 Å². The number of anilines is 1. The van der Waals surface area contributed by atoms with E-state index in [2.05, 4.69) is 5.32 Å². The van der Waals surface area contributed by atoms with E-state index in [1.54, 1.807) is 0 Å². The summed E-state index contributed by atoms with van der Waals surface area (Å²) in [5.74, 6) is -0.0818. The highest BCUT2D eigenvalue weighted by Crippen LogP contribution is 2.22. The number of nitrogens with one attached hydrogen (secondary N) is 1. The smallest absolute Gasteiger partial charge is 0.232 e. The first kappa shape index (κ1) is 22.0. The Morgan fingerprint density at radius 2 is 1.68 bits per heavy atom. The summed E-state index contributed by atoms with van der Waals surface area (Å²) in [6.07, 6.45) is 1.92. The van der Waals surface area contributed by atoms with Gasteiger partial charge < -0.3 is 5.32 Å². The summed E-state index contributed by atoms with van der Waals surface area (Å²) in [5.41, 5.74) is 5.01. The van der Waals surface area contributed by atoms with Gasteiger partial charge in [-0.25, -0.2) is 8.42 Å². The molecule has 1 atom stereocenters. The van der Waals surface area contributed by atoms with E-state index in [4.69, 9.17) is 0 Å². The van der Waals surface area contributed by atoms with E-state index in [0.717, 1.165) is 16.7 Å². The van der Waals surface area contributed by atoms with Crippen LogP contribution in [0, 0.1) is 20.8 Å². The van der Waals surface area contributed by atoms with E-state index < -0.39 is 10.0 Å². The van der Waals surface area contributed by atoms with Gasteiger partial charge in [0, 0.05) is 13.0 Å². The fourth-order valence-corrected chi connectivity index (χ4v) is 3.96. The molecule has 0 aliphatic rings. The zero-order valence-corrected chi connectivity index (χ0v) is 18.1. The van der Waals surface area contributed by atoms with Crippen LogP contribution in [0.3, 0.4) is 0 Å². The van der Waals surface area contributed by atoms with Crippen molar-refractivity contribution in [1.82, 2.24) is 5.32 Å². The molecule has 1 unspecified atom stereocenters. The third-order valence-corrected chi connectivity index (χ3v) is 6.09. The second-order valence-corrected chi connectivity index (χ2v) is 9.31. The molecule has 0 aromatic heterocycles. The van der Waals surface area contributed by atoms with Gasteiger partial charge in [0.1, 0.15) is 0 Å². The van der Waals surface area contributed by atoms with Crippen LogP contribution in [0.25, 0.3) is 0 Å². The monoisotopic (exact) mass is 402 g/mol. The quantitative estimate of drug-likeness (QED) is 0.725. The standard InChI is InChI=1S/C22H30N2O3S/c1-16-8-11-20(12-9-16)19(4)23-22(25)7-6-14-24(28(5,26)27)21-13-10-17(2)18(3)15-21/h8-13,15,19H,6-7,14H2,1-5H3,(H,23,25). The number of rotatable bonds is 8. The van der Waals surface area contributed by atoms with Crippen LogP contribution < -0.4 is 9.62 Å². The van der Waals surface area contributed by atoms with Gasteiger partial charge in [0.05, 0.1) is 18.0 Å². The van der Waals surface area contributed by atoms with E-state index in [1.807, 2.05) is 70.2 Å². The van der Waals surface area contributed by atoms with Gasteiger partial charge >= 0.3 is 0 Å². The molecule has 0 spiro atoms. The minimum atomic E-state index is -3.41. The topological polar surface area (TPSA) is 66.5 Å². The second-order valence-electron chi connectivity index (χ2n) is 7.41. The van der Waals surface area contributed by atoms with Crippen LogP contribution >= 0.6 is 0 Å². The highest BCUT2D eigenvalue weighted by Gasteiger charge is 2.18. The maximum absolute atomic E-state index is 12.3. The Morgan fingerprint density at radius 3 is 2.25 bits per heavy atom. The fourth-order valence-electron chi connectivity index (χ4n) is 3.00. The number of amides is 1. The SMILES string of the molecule is Cc1ccc(C(C)NC(=O)CCCN(c2ccc(C)c(C)c2)S(C)(=O)=O)cc1. The van der Waals surface area contributed by atoms with Crippen molar-refractivity contribution < 1.29 is 13.2 Å². The molecule has 0 heterocycles. The van der Waals surface area contributed by atoms with Gasteiger partial charge in [-0.05, 0) is 62.9 Å². The number of benzene rings is 2. The summed E-state index contributed by atoms with van der Waals surface area (Å²) in [5, 5.41) is 2.98. The Hall–Kier alpha value is -2.34. The van der Waals surface area contributed by atoms with Crippen LogP contribution in [-0.4, -0.2) is 27.1 Å². The molecule has 0 aliphatic heterocycles. The minimum Gasteiger partial charge on any atom is -0.350 e. The molecular formula is C22H30N2O3S. The van der Waals surface area contributed by atoms with Crippen LogP contribution in [0.15, 0.2) is 42.5 Å². The van der Waals surface area contributed by atoms with Crippen molar-refractivity contribution in [2.45, 2.75) is 46.6 Å². The van der Waals surface area contributed by atoms with Crippen molar-refractivity contribution in [3.05, 3.63) is 64.7 Å². The van der Waals surface area contributed by atoms with Gasteiger partial charge in [-0.2, -0.15) is 0 Å². The molecule has 1 amide bonds. The third kappa shape index (κ3) is 6.09. The lowest BCUT2D eigenvalue weighted by molar-refractivity contribution is -0.121. The fraction of sp³-hybridized carbons (Fsp3) is 0.409. The van der Waals surface area contributed by atoms with Crippen LogP contribution in [0.4, 0.5) is 5.69 Å². The van der Waals surface area contributed by atoms with Crippen molar-refractivity contribution in [1.29, 1.82) is 0 Å². The van der Waals surface area contributed by atoms with E-state index in [1.165, 1.54) is 16.1 Å². The Balaban J connectivity index is 1.95. The molecule has 2 aromatic carbocycles. The van der Waals surface area contributed by atoms with Gasteiger partial charge in [-0.1, -0.05) is 35.9 Å². The lowest BCUT2D eigenvalue weighted by Gasteiger charge is -2.23. The van der Waals surface area contributed by atoms with Crippen LogP contribution in [-0.2, 0) is 14.8 Å². The van der Waals surface area contributed by atoms with E-state index in [0.29, 0.717) is 12.1 Å². The van der Waals surface area contributed by atoms with Crippen molar-refractivity contribution in [2.24, 2.45) is 0 Å². The summed E-state index contributed by atoms with van der Waals surface area (Å²) in [7, 11) is -3.41. The summed E-state index contributed by atoms with van der Waals surface area (Å²) >= 11 is 0. The van der Waals surface area contributed by atoms with Gasteiger partial charge in [-0.15, -0.1) is 0 Å². The molecule has 0 radical (unpaired) electrons. The molecule has 0 saturated carbocycles. The number of hydrogen-bond donors (Lipinski definition) is 1. The summed E-state index contributed by atoms with van der Waals surface area (Å²) in [6, 6.07) is 13.6. The van der Waals surface area contributed by atoms with Crippen LogP contribution in [0.1, 0.15) is 48.1 Å². The normalized spacial score (nSPS) is 12.5. The molecule has 0 saturated heterocycles. The first-order valence-electron chi connectivity index (χ1n) is 9.49. The molecule has 2 rings (SSSR count). The number of nitrogens with zero attached hydrogens (tertiary/aromatic N) is 1. The Labute approximate surface area is 168 Å². The predicted molar refractivity (Wildman–Crippen MR) is 115 cm³/mol. The zero-order valence-electron chi connectivity index (χ0n) is 17.3. The van der Waals surface area contributed by atoms with Gasteiger partial charge in [0.2, 0.25) is 15.9 Å². The minimum absolute atomic E-state index is 0.0818. The first-order valence-corrected chi connectivity index (χ1v) is 11.3. The number of aryl methyl sites for hydroxylation is 3. The molecule has 0 bridgehead atoms. The lowest BCUT2D eigenvalue weighted by Crippen LogP contribution is -2.32. The summed E-state index contributed by atoms with van der Waals surface area (Å²) in [4.78, 5) is 12.3. The first-order chi connectivity index (χ1) is 13.1. The highest BCUT2D eigenvalue weighted by molar-refractivity contribution is 7.92. The second kappa shape index (κ2) is 9.24. The number of sulfonamides is 1. The zero-order chi connectivity index (χ0) is 20.9. The van der Waals surface area contributed by atoms with E-state index in [9.17, 15) is 13.2 Å². The van der Waals surface area contributed by atoms with Crippen LogP contribution in [0.2, 0.25) is 0 Å². The average Bonchev–Trinajstić information content (AvgIpc) is 2.60. The Bertz CT molecular complexity index is 921. The van der Waals surface area contributed by atoms with E-state index in [-0.39, 0.29) is 24.9 Å². The van der Waals surface area contributed by atoms with Crippen molar-refractivity contribution >= 4 is 21.6 Å². The summed E-state index contributed by atoms with van der Waals surface area (Å²) < 4.78 is 25.8. The summed E-state index contributed by atoms with van der Waals surface area (Å²) in [6.45, 7) is 8.19. The molecule has 152 valence electrons. The van der Waals surface area contributed by atoms with Crippen molar-refractivity contribution in [3.63, 3.8) is 0 Å². The maximum Gasteiger partial charge on any atom is 0.232 e. The maximum atomic E-state index is 12.3. The molecule has 2 aromatic rings. The molecule has 1 N–H and O–H groups in total. The Kier molecular flexibility index (Phi) is 7.24. The van der Waals surface area contributed by atoms with Crippen molar-refractivity contribution in [3.8, 4) is 0 Å². The third-order valence-electron chi connectivity index (χ3n) is 4.90. The van der Waals surface area contributed by atoms with Crippen molar-refractivity contribution in [2.75, 3.05) is 17.1 Å². The molecule has 6 heteroatoms. The molecule has 28 heavy (non-hydrogen) atoms. The Morgan fingerprint density at radius 1 is 1.04 bits per heavy atom. The average molecular weight is 403 g/mol. The number of carbonyl (C=O) groups excluding carboxylic acids is 1. The highest BCUT2D eigenvalue weighted by atomic mass is 32.2. The van der Waals surface area contributed by atoms with Crippen LogP contribution in [0.5, 0.6) is 0 Å². The molecule has 0 aliphatic carbocycles. The number of carbonyl (C=O) groups is 1. The van der Waals surface area contributed by atoms with Gasteiger partial charge in [0.15, 0.2) is 0 Å². The molecular weight excluding hydrogens is 372 g/mol. The largest absolute Gasteiger partial charge is 0.350 e. The molecule has 0 fully saturated rings. The lowest BCUT2D eigenvalue weighted by atomic mass is 10.1. The number of hydrogen-bond acceptors (Lipinski definition) is 3. The molecule has 5 nitrogen and oxygen atoms in total.